The molecule has 0 atom stereocenters. The molecule has 6 heteroatoms. The van der Waals surface area contributed by atoms with E-state index in [9.17, 15) is 13.2 Å². The van der Waals surface area contributed by atoms with Gasteiger partial charge in [-0.1, -0.05) is 0 Å². The van der Waals surface area contributed by atoms with Gasteiger partial charge in [0.1, 0.15) is 0 Å². The van der Waals surface area contributed by atoms with E-state index in [4.69, 9.17) is 5.26 Å². The highest BCUT2D eigenvalue weighted by molar-refractivity contribution is 5.57. The largest absolute Gasteiger partial charge is 0.418 e. The third kappa shape index (κ3) is 2.50. The summed E-state index contributed by atoms with van der Waals surface area (Å²) < 4.78 is 38.3. The maximum atomic E-state index is 12.8. The van der Waals surface area contributed by atoms with Crippen LogP contribution in [0.3, 0.4) is 0 Å². The Balaban J connectivity index is 2.33. The molecule has 0 aliphatic carbocycles. The molecule has 3 nitrogen and oxygen atoms in total. The van der Waals surface area contributed by atoms with Crippen molar-refractivity contribution in [2.45, 2.75) is 12.2 Å². The lowest BCUT2D eigenvalue weighted by atomic mass is 10.1. The zero-order valence-corrected chi connectivity index (χ0v) is 8.80. The Labute approximate surface area is 96.2 Å². The molecule has 0 bridgehead atoms. The van der Waals surface area contributed by atoms with E-state index in [-0.39, 0.29) is 17.3 Å². The molecule has 0 spiro atoms. The van der Waals surface area contributed by atoms with Gasteiger partial charge in [0.2, 0.25) is 0 Å². The van der Waals surface area contributed by atoms with E-state index in [1.54, 1.807) is 6.07 Å². The standard InChI is InChI=1S/C11H10F3N3/c12-11(13,14)9-3-7(4-15)1-2-10(9)17-8-5-16-6-8/h1-3,8,16-17H,5-6H2. The van der Waals surface area contributed by atoms with Crippen LogP contribution in [0.25, 0.3) is 0 Å². The Hall–Kier alpha value is -1.74. The monoisotopic (exact) mass is 241 g/mol. The number of anilines is 1. The summed E-state index contributed by atoms with van der Waals surface area (Å²) in [5, 5.41) is 14.4. The first-order valence-corrected chi connectivity index (χ1v) is 5.09. The van der Waals surface area contributed by atoms with Crippen molar-refractivity contribution >= 4 is 5.69 Å². The smallest absolute Gasteiger partial charge is 0.379 e. The van der Waals surface area contributed by atoms with E-state index >= 15 is 0 Å². The molecule has 2 N–H and O–H groups in total. The Morgan fingerprint density at radius 1 is 1.35 bits per heavy atom. The van der Waals surface area contributed by atoms with Gasteiger partial charge in [-0.3, -0.25) is 0 Å². The van der Waals surface area contributed by atoms with Crippen molar-refractivity contribution < 1.29 is 13.2 Å². The van der Waals surface area contributed by atoms with Gasteiger partial charge in [0.25, 0.3) is 0 Å². The average molecular weight is 241 g/mol. The first-order valence-electron chi connectivity index (χ1n) is 5.09. The predicted octanol–water partition coefficient (Wildman–Crippen LogP) is 1.96. The van der Waals surface area contributed by atoms with E-state index in [2.05, 4.69) is 10.6 Å². The van der Waals surface area contributed by atoms with E-state index in [0.717, 1.165) is 6.07 Å². The topological polar surface area (TPSA) is 47.9 Å². The van der Waals surface area contributed by atoms with Crippen molar-refractivity contribution in [2.75, 3.05) is 18.4 Å². The van der Waals surface area contributed by atoms with Crippen LogP contribution in [0, 0.1) is 11.3 Å². The molecule has 90 valence electrons. The number of halogens is 3. The Kier molecular flexibility index (Phi) is 2.94. The summed E-state index contributed by atoms with van der Waals surface area (Å²) in [4.78, 5) is 0. The van der Waals surface area contributed by atoms with Gasteiger partial charge in [-0.2, -0.15) is 18.4 Å². The van der Waals surface area contributed by atoms with Crippen LogP contribution in [0.5, 0.6) is 0 Å². The summed E-state index contributed by atoms with van der Waals surface area (Å²) in [6.07, 6.45) is -4.45. The third-order valence-corrected chi connectivity index (χ3v) is 2.60. The summed E-state index contributed by atoms with van der Waals surface area (Å²) in [6, 6.07) is 5.28. The molecule has 1 saturated heterocycles. The number of alkyl halides is 3. The number of hydrogen-bond acceptors (Lipinski definition) is 3. The normalized spacial score (nSPS) is 16.1. The van der Waals surface area contributed by atoms with Crippen LogP contribution in [0.15, 0.2) is 18.2 Å². The van der Waals surface area contributed by atoms with Gasteiger partial charge in [-0.25, -0.2) is 0 Å². The first-order chi connectivity index (χ1) is 8.00. The van der Waals surface area contributed by atoms with Crippen molar-refractivity contribution in [3.8, 4) is 6.07 Å². The molecule has 1 aromatic carbocycles. The average Bonchev–Trinajstić information content (AvgIpc) is 2.22. The maximum Gasteiger partial charge on any atom is 0.418 e. The highest BCUT2D eigenvalue weighted by Gasteiger charge is 2.34. The summed E-state index contributed by atoms with van der Waals surface area (Å²) in [6.45, 7) is 1.30. The summed E-state index contributed by atoms with van der Waals surface area (Å²) in [7, 11) is 0. The van der Waals surface area contributed by atoms with Gasteiger partial charge < -0.3 is 10.6 Å². The fourth-order valence-electron chi connectivity index (χ4n) is 1.58. The van der Waals surface area contributed by atoms with E-state index in [1.165, 1.54) is 12.1 Å². The molecule has 0 unspecified atom stereocenters. The van der Waals surface area contributed by atoms with E-state index < -0.39 is 11.7 Å². The molecular formula is C11H10F3N3. The molecule has 0 amide bonds. The number of nitriles is 1. The Morgan fingerprint density at radius 2 is 2.06 bits per heavy atom. The fourth-order valence-corrected chi connectivity index (χ4v) is 1.58. The van der Waals surface area contributed by atoms with E-state index in [1.807, 2.05) is 0 Å². The minimum Gasteiger partial charge on any atom is -0.379 e. The second kappa shape index (κ2) is 4.26. The first kappa shape index (κ1) is 11.7. The number of rotatable bonds is 2. The van der Waals surface area contributed by atoms with Crippen molar-refractivity contribution in [3.05, 3.63) is 29.3 Å². The molecule has 1 aliphatic rings. The van der Waals surface area contributed by atoms with Crippen molar-refractivity contribution in [1.82, 2.24) is 5.32 Å². The van der Waals surface area contributed by atoms with Crippen LogP contribution in [0.4, 0.5) is 18.9 Å². The van der Waals surface area contributed by atoms with Gasteiger partial charge in [-0.15, -0.1) is 0 Å². The lowest BCUT2D eigenvalue weighted by Gasteiger charge is -2.30. The number of hydrogen-bond donors (Lipinski definition) is 2. The molecule has 2 rings (SSSR count). The molecule has 1 aliphatic heterocycles. The van der Waals surface area contributed by atoms with Gasteiger partial charge in [0, 0.05) is 18.8 Å². The Morgan fingerprint density at radius 3 is 2.53 bits per heavy atom. The van der Waals surface area contributed by atoms with Crippen molar-refractivity contribution in [1.29, 1.82) is 5.26 Å². The molecule has 0 radical (unpaired) electrons. The fraction of sp³-hybridized carbons (Fsp3) is 0.364. The lowest BCUT2D eigenvalue weighted by molar-refractivity contribution is -0.137. The Bertz CT molecular complexity index is 458. The molecule has 0 aromatic heterocycles. The quantitative estimate of drug-likeness (QED) is 0.832. The zero-order valence-electron chi connectivity index (χ0n) is 8.80. The van der Waals surface area contributed by atoms with Crippen molar-refractivity contribution in [2.24, 2.45) is 0 Å². The molecule has 17 heavy (non-hydrogen) atoms. The van der Waals surface area contributed by atoms with Crippen LogP contribution in [0.1, 0.15) is 11.1 Å². The molecule has 0 saturated carbocycles. The number of nitrogens with one attached hydrogen (secondary N) is 2. The minimum absolute atomic E-state index is 0.00890. The lowest BCUT2D eigenvalue weighted by Crippen LogP contribution is -2.51. The number of nitrogens with zero attached hydrogens (tertiary/aromatic N) is 1. The van der Waals surface area contributed by atoms with Gasteiger partial charge >= 0.3 is 6.18 Å². The molecule has 1 heterocycles. The van der Waals surface area contributed by atoms with Gasteiger partial charge in [0.15, 0.2) is 0 Å². The molecular weight excluding hydrogens is 231 g/mol. The highest BCUT2D eigenvalue weighted by atomic mass is 19.4. The van der Waals surface area contributed by atoms with Crippen LogP contribution in [-0.2, 0) is 6.18 Å². The molecule has 1 aromatic rings. The van der Waals surface area contributed by atoms with Gasteiger partial charge in [-0.05, 0) is 18.2 Å². The van der Waals surface area contributed by atoms with Crippen LogP contribution in [0.2, 0.25) is 0 Å². The summed E-state index contributed by atoms with van der Waals surface area (Å²) in [5.74, 6) is 0. The maximum absolute atomic E-state index is 12.8. The SMILES string of the molecule is N#Cc1ccc(NC2CNC2)c(C(F)(F)F)c1. The second-order valence-corrected chi connectivity index (χ2v) is 3.87. The minimum atomic E-state index is -4.45. The van der Waals surface area contributed by atoms with Crippen LogP contribution in [-0.4, -0.2) is 19.1 Å². The number of benzene rings is 1. The van der Waals surface area contributed by atoms with Crippen molar-refractivity contribution in [3.63, 3.8) is 0 Å². The predicted molar refractivity (Wildman–Crippen MR) is 56.4 cm³/mol. The van der Waals surface area contributed by atoms with Crippen LogP contribution < -0.4 is 10.6 Å². The molecule has 1 fully saturated rings. The zero-order chi connectivity index (χ0) is 12.5. The van der Waals surface area contributed by atoms with Gasteiger partial charge in [0.05, 0.1) is 23.2 Å². The third-order valence-electron chi connectivity index (χ3n) is 2.60. The second-order valence-electron chi connectivity index (χ2n) is 3.87. The van der Waals surface area contributed by atoms with E-state index in [0.29, 0.717) is 13.1 Å². The van der Waals surface area contributed by atoms with Crippen LogP contribution >= 0.6 is 0 Å². The summed E-state index contributed by atoms with van der Waals surface area (Å²) in [5.41, 5.74) is -0.749. The summed E-state index contributed by atoms with van der Waals surface area (Å²) >= 11 is 0. The highest BCUT2D eigenvalue weighted by Crippen LogP contribution is 2.35.